The molecule has 0 unspecified atom stereocenters. The predicted molar refractivity (Wildman–Crippen MR) is 45.7 cm³/mol. The van der Waals surface area contributed by atoms with E-state index in [0.29, 0.717) is 11.6 Å². The molecule has 0 aliphatic carbocycles. The molecule has 0 aliphatic rings. The third-order valence-corrected chi connectivity index (χ3v) is 1.78. The lowest BCUT2D eigenvalue weighted by Gasteiger charge is -1.92. The van der Waals surface area contributed by atoms with Gasteiger partial charge in [-0.25, -0.2) is 14.5 Å². The van der Waals surface area contributed by atoms with Gasteiger partial charge in [0.05, 0.1) is 5.56 Å². The Morgan fingerprint density at radius 1 is 1.64 bits per heavy atom. The van der Waals surface area contributed by atoms with Crippen molar-refractivity contribution in [2.75, 3.05) is 0 Å². The van der Waals surface area contributed by atoms with E-state index in [4.69, 9.17) is 9.52 Å². The van der Waals surface area contributed by atoms with Crippen molar-refractivity contribution in [3.63, 3.8) is 0 Å². The van der Waals surface area contributed by atoms with E-state index in [1.165, 1.54) is 23.3 Å². The van der Waals surface area contributed by atoms with Crippen LogP contribution >= 0.6 is 0 Å². The van der Waals surface area contributed by atoms with Crippen molar-refractivity contribution >= 4 is 5.97 Å². The molecule has 0 aliphatic heterocycles. The molecule has 2 aromatic rings. The molecule has 14 heavy (non-hydrogen) atoms. The third-order valence-electron chi connectivity index (χ3n) is 1.78. The van der Waals surface area contributed by atoms with Gasteiger partial charge >= 0.3 is 5.97 Å². The van der Waals surface area contributed by atoms with Crippen LogP contribution in [0.5, 0.6) is 0 Å². The number of aromatic carboxylic acids is 1. The van der Waals surface area contributed by atoms with Gasteiger partial charge in [0.1, 0.15) is 12.6 Å². The Morgan fingerprint density at radius 2 is 2.43 bits per heavy atom. The van der Waals surface area contributed by atoms with Gasteiger partial charge in [-0.1, -0.05) is 0 Å². The van der Waals surface area contributed by atoms with E-state index in [0.717, 1.165) is 0 Å². The molecule has 0 saturated heterocycles. The summed E-state index contributed by atoms with van der Waals surface area (Å²) in [6.45, 7) is 0. The van der Waals surface area contributed by atoms with Crippen molar-refractivity contribution in [3.8, 4) is 11.6 Å². The van der Waals surface area contributed by atoms with Crippen LogP contribution in [0.2, 0.25) is 0 Å². The topological polar surface area (TPSA) is 81.2 Å². The normalized spacial score (nSPS) is 10.4. The smallest absolute Gasteiger partial charge is 0.338 e. The number of rotatable bonds is 2. The van der Waals surface area contributed by atoms with E-state index >= 15 is 0 Å². The molecule has 6 nitrogen and oxygen atoms in total. The van der Waals surface area contributed by atoms with Crippen molar-refractivity contribution < 1.29 is 14.3 Å². The van der Waals surface area contributed by atoms with Gasteiger partial charge in [-0.3, -0.25) is 0 Å². The van der Waals surface area contributed by atoms with Crippen molar-refractivity contribution in [2.24, 2.45) is 7.05 Å². The van der Waals surface area contributed by atoms with Crippen LogP contribution in [0.25, 0.3) is 11.6 Å². The number of carboxylic acid groups (broad SMARTS) is 1. The first-order valence-corrected chi connectivity index (χ1v) is 3.84. The number of carboxylic acids is 1. The van der Waals surface area contributed by atoms with Gasteiger partial charge in [-0.05, 0) is 0 Å². The van der Waals surface area contributed by atoms with E-state index in [1.807, 2.05) is 0 Å². The van der Waals surface area contributed by atoms with E-state index in [9.17, 15) is 4.79 Å². The fourth-order valence-electron chi connectivity index (χ4n) is 1.08. The zero-order chi connectivity index (χ0) is 10.1. The van der Waals surface area contributed by atoms with Gasteiger partial charge in [0.25, 0.3) is 0 Å². The summed E-state index contributed by atoms with van der Waals surface area (Å²) in [6, 6.07) is 1.41. The molecule has 72 valence electrons. The Morgan fingerprint density at radius 3 is 2.93 bits per heavy atom. The van der Waals surface area contributed by atoms with Crippen LogP contribution < -0.4 is 0 Å². The Labute approximate surface area is 78.8 Å². The highest BCUT2D eigenvalue weighted by Gasteiger charge is 2.12. The molecule has 1 N–H and O–H groups in total. The molecule has 0 saturated carbocycles. The second-order valence-electron chi connectivity index (χ2n) is 2.71. The van der Waals surface area contributed by atoms with Gasteiger partial charge in [0, 0.05) is 13.1 Å². The standard InChI is InChI=1S/C8H7N3O3/c1-11-7(9-4-10-11)6-2-5(3-14-6)8(12)13/h2-4H,1H3,(H,12,13). The first kappa shape index (κ1) is 8.49. The van der Waals surface area contributed by atoms with Crippen LogP contribution in [0.15, 0.2) is 23.1 Å². The molecule has 0 atom stereocenters. The minimum atomic E-state index is -1.03. The fraction of sp³-hybridized carbons (Fsp3) is 0.125. The minimum Gasteiger partial charge on any atom is -0.478 e. The largest absolute Gasteiger partial charge is 0.478 e. The van der Waals surface area contributed by atoms with Gasteiger partial charge in [-0.2, -0.15) is 5.10 Å². The lowest BCUT2D eigenvalue weighted by molar-refractivity contribution is 0.0696. The molecule has 0 aromatic carbocycles. The minimum absolute atomic E-state index is 0.100. The number of furan rings is 1. The lowest BCUT2D eigenvalue weighted by atomic mass is 10.3. The monoisotopic (exact) mass is 193 g/mol. The van der Waals surface area contributed by atoms with Crippen molar-refractivity contribution in [2.45, 2.75) is 0 Å². The number of nitrogens with zero attached hydrogens (tertiary/aromatic N) is 3. The number of aryl methyl sites for hydroxylation is 1. The Balaban J connectivity index is 2.43. The Bertz CT molecular complexity index is 472. The van der Waals surface area contributed by atoms with E-state index in [-0.39, 0.29) is 5.56 Å². The summed E-state index contributed by atoms with van der Waals surface area (Å²) in [5.41, 5.74) is 0.100. The molecule has 2 heterocycles. The SMILES string of the molecule is Cn1ncnc1-c1cc(C(=O)O)co1. The zero-order valence-electron chi connectivity index (χ0n) is 7.34. The highest BCUT2D eigenvalue weighted by molar-refractivity contribution is 5.88. The maximum Gasteiger partial charge on any atom is 0.338 e. The zero-order valence-corrected chi connectivity index (χ0v) is 7.34. The second-order valence-corrected chi connectivity index (χ2v) is 2.71. The molecule has 0 bridgehead atoms. The second kappa shape index (κ2) is 2.99. The van der Waals surface area contributed by atoms with Gasteiger partial charge in [0.2, 0.25) is 0 Å². The van der Waals surface area contributed by atoms with Gasteiger partial charge in [0.15, 0.2) is 11.6 Å². The molecule has 6 heteroatoms. The summed E-state index contributed by atoms with van der Waals surface area (Å²) in [4.78, 5) is 14.5. The summed E-state index contributed by atoms with van der Waals surface area (Å²) in [5, 5.41) is 12.5. The summed E-state index contributed by atoms with van der Waals surface area (Å²) in [7, 11) is 1.70. The molecular weight excluding hydrogens is 186 g/mol. The highest BCUT2D eigenvalue weighted by Crippen LogP contribution is 2.18. The van der Waals surface area contributed by atoms with Crippen molar-refractivity contribution in [1.29, 1.82) is 0 Å². The molecule has 2 aromatic heterocycles. The van der Waals surface area contributed by atoms with Crippen LogP contribution in [0.1, 0.15) is 10.4 Å². The van der Waals surface area contributed by atoms with Gasteiger partial charge < -0.3 is 9.52 Å². The average Bonchev–Trinajstić information content (AvgIpc) is 2.71. The Hall–Kier alpha value is -2.11. The number of hydrogen-bond donors (Lipinski definition) is 1. The van der Waals surface area contributed by atoms with Crippen LogP contribution in [-0.4, -0.2) is 25.8 Å². The van der Waals surface area contributed by atoms with E-state index < -0.39 is 5.97 Å². The van der Waals surface area contributed by atoms with E-state index in [1.54, 1.807) is 7.05 Å². The van der Waals surface area contributed by atoms with Crippen LogP contribution in [-0.2, 0) is 7.05 Å². The summed E-state index contributed by atoms with van der Waals surface area (Å²) in [6.07, 6.45) is 2.55. The number of hydrogen-bond acceptors (Lipinski definition) is 4. The van der Waals surface area contributed by atoms with Crippen LogP contribution in [0.4, 0.5) is 0 Å². The summed E-state index contributed by atoms with van der Waals surface area (Å²) in [5.74, 6) is -0.137. The van der Waals surface area contributed by atoms with Crippen LogP contribution in [0, 0.1) is 0 Å². The summed E-state index contributed by atoms with van der Waals surface area (Å²) >= 11 is 0. The fourth-order valence-corrected chi connectivity index (χ4v) is 1.08. The maximum atomic E-state index is 10.6. The predicted octanol–water partition coefficient (Wildman–Crippen LogP) is 0.773. The van der Waals surface area contributed by atoms with E-state index in [2.05, 4.69) is 10.1 Å². The summed E-state index contributed by atoms with van der Waals surface area (Å²) < 4.78 is 6.55. The van der Waals surface area contributed by atoms with Gasteiger partial charge in [-0.15, -0.1) is 0 Å². The van der Waals surface area contributed by atoms with Crippen molar-refractivity contribution in [3.05, 3.63) is 24.2 Å². The molecule has 0 spiro atoms. The molecular formula is C8H7N3O3. The Kier molecular flexibility index (Phi) is 1.81. The third kappa shape index (κ3) is 1.26. The first-order chi connectivity index (χ1) is 6.68. The molecule has 0 fully saturated rings. The molecule has 0 radical (unpaired) electrons. The number of carbonyl (C=O) groups is 1. The first-order valence-electron chi connectivity index (χ1n) is 3.84. The highest BCUT2D eigenvalue weighted by atomic mass is 16.4. The van der Waals surface area contributed by atoms with Crippen molar-refractivity contribution in [1.82, 2.24) is 14.8 Å². The lowest BCUT2D eigenvalue weighted by Crippen LogP contribution is -1.94. The number of aromatic nitrogens is 3. The maximum absolute atomic E-state index is 10.6. The average molecular weight is 193 g/mol. The molecule has 0 amide bonds. The molecule has 2 rings (SSSR count). The van der Waals surface area contributed by atoms with Crippen LogP contribution in [0.3, 0.4) is 0 Å². The quantitative estimate of drug-likeness (QED) is 0.761.